The van der Waals surface area contributed by atoms with E-state index >= 15 is 0 Å². The fourth-order valence-corrected chi connectivity index (χ4v) is 2.95. The first-order valence-electron chi connectivity index (χ1n) is 9.85. The maximum atomic E-state index is 5.99. The molecule has 0 unspecified atom stereocenters. The maximum absolute atomic E-state index is 5.99. The summed E-state index contributed by atoms with van der Waals surface area (Å²) in [6, 6.07) is 0. The zero-order chi connectivity index (χ0) is 15.8. The quantitative estimate of drug-likeness (QED) is 0.336. The van der Waals surface area contributed by atoms with Crippen LogP contribution >= 0.6 is 0 Å². The fourth-order valence-electron chi connectivity index (χ4n) is 2.95. The Morgan fingerprint density at radius 2 is 0.864 bits per heavy atom. The molecule has 0 aromatic carbocycles. The van der Waals surface area contributed by atoms with Crippen LogP contribution in [0.5, 0.6) is 0 Å². The molecule has 0 amide bonds. The fraction of sp³-hybridized carbons (Fsp3) is 1.00. The summed E-state index contributed by atoms with van der Waals surface area (Å²) in [5.41, 5.74) is 6.03. The molecule has 0 radical (unpaired) electrons. The maximum Gasteiger partial charge on any atom is 1.00 e. The minimum absolute atomic E-state index is 0. The van der Waals surface area contributed by atoms with E-state index in [1.165, 1.54) is 103 Å². The van der Waals surface area contributed by atoms with Gasteiger partial charge in [-0.25, -0.2) is 0 Å². The Kier molecular flexibility index (Phi) is 21.0. The van der Waals surface area contributed by atoms with Gasteiger partial charge in [0.15, 0.2) is 0 Å². The van der Waals surface area contributed by atoms with E-state index < -0.39 is 0 Å². The zero-order valence-electron chi connectivity index (χ0n) is 17.4. The van der Waals surface area contributed by atoms with Gasteiger partial charge in [0.25, 0.3) is 0 Å². The number of unbranched alkanes of at least 4 members (excludes halogenated alkanes) is 14. The van der Waals surface area contributed by atoms with E-state index in [1.54, 1.807) is 0 Å². The molecule has 0 bridgehead atoms. The van der Waals surface area contributed by atoms with Crippen molar-refractivity contribution in [2.75, 3.05) is 0 Å². The predicted molar refractivity (Wildman–Crippen MR) is 98.9 cm³/mol. The molecule has 130 valence electrons. The zero-order valence-corrected chi connectivity index (χ0v) is 18.4. The smallest absolute Gasteiger partial charge is 1.00 e. The van der Waals surface area contributed by atoms with Crippen LogP contribution < -0.4 is 35.3 Å². The van der Waals surface area contributed by atoms with Crippen molar-refractivity contribution in [2.24, 2.45) is 5.73 Å². The van der Waals surface area contributed by atoms with Crippen molar-refractivity contribution in [3.8, 4) is 0 Å². The molecular weight excluding hydrogens is 277 g/mol. The summed E-state index contributed by atoms with van der Waals surface area (Å²) in [4.78, 5) is 0. The second-order valence-corrected chi connectivity index (χ2v) is 7.69. The van der Waals surface area contributed by atoms with Crippen molar-refractivity contribution in [3.05, 3.63) is 0 Å². The van der Waals surface area contributed by atoms with Gasteiger partial charge in [-0.1, -0.05) is 103 Å². The standard InChI is InChI=1S/C20H43N.Na.H/c1-4-5-6-7-8-9-10-11-12-13-14-15-16-17-18-19-20(2,3)21;;/h4-19,21H2,1-3H3;;/q;+1;-1. The minimum Gasteiger partial charge on any atom is -1.00 e. The summed E-state index contributed by atoms with van der Waals surface area (Å²) in [5, 5.41) is 0. The van der Waals surface area contributed by atoms with Gasteiger partial charge in [0.1, 0.15) is 0 Å². The summed E-state index contributed by atoms with van der Waals surface area (Å²) < 4.78 is 0. The van der Waals surface area contributed by atoms with Crippen LogP contribution in [0.1, 0.15) is 125 Å². The molecule has 0 aliphatic carbocycles. The van der Waals surface area contributed by atoms with Crippen molar-refractivity contribution in [1.82, 2.24) is 0 Å². The Morgan fingerprint density at radius 1 is 0.591 bits per heavy atom. The summed E-state index contributed by atoms with van der Waals surface area (Å²) >= 11 is 0. The summed E-state index contributed by atoms with van der Waals surface area (Å²) in [6.45, 7) is 6.56. The van der Waals surface area contributed by atoms with E-state index in [0.29, 0.717) is 0 Å². The van der Waals surface area contributed by atoms with E-state index in [0.717, 1.165) is 0 Å². The van der Waals surface area contributed by atoms with Crippen molar-refractivity contribution in [2.45, 2.75) is 129 Å². The molecule has 22 heavy (non-hydrogen) atoms. The van der Waals surface area contributed by atoms with Gasteiger partial charge >= 0.3 is 29.6 Å². The molecule has 0 fully saturated rings. The van der Waals surface area contributed by atoms with Crippen LogP contribution in [0.3, 0.4) is 0 Å². The van der Waals surface area contributed by atoms with Gasteiger partial charge in [0, 0.05) is 5.54 Å². The molecule has 0 heterocycles. The van der Waals surface area contributed by atoms with Crippen LogP contribution in [0.2, 0.25) is 0 Å². The molecule has 0 rings (SSSR count). The van der Waals surface area contributed by atoms with Crippen LogP contribution in [-0.2, 0) is 0 Å². The van der Waals surface area contributed by atoms with Gasteiger partial charge in [0.2, 0.25) is 0 Å². The normalized spacial score (nSPS) is 11.5. The SMILES string of the molecule is CCCCCCCCCCCCCCCCCC(C)(C)N.[H-].[Na+]. The van der Waals surface area contributed by atoms with Crippen molar-refractivity contribution < 1.29 is 31.0 Å². The van der Waals surface area contributed by atoms with E-state index in [1.807, 2.05) is 0 Å². The Balaban J connectivity index is -0.00000200. The Labute approximate surface area is 165 Å². The first-order chi connectivity index (χ1) is 10.1. The van der Waals surface area contributed by atoms with Gasteiger partial charge in [-0.3, -0.25) is 0 Å². The first-order valence-corrected chi connectivity index (χ1v) is 9.85. The first kappa shape index (κ1) is 25.2. The molecule has 0 aliphatic heterocycles. The van der Waals surface area contributed by atoms with Crippen molar-refractivity contribution in [3.63, 3.8) is 0 Å². The topological polar surface area (TPSA) is 26.0 Å². The predicted octanol–water partition coefficient (Wildman–Crippen LogP) is 4.10. The van der Waals surface area contributed by atoms with E-state index in [9.17, 15) is 0 Å². The molecule has 0 atom stereocenters. The average Bonchev–Trinajstić information content (AvgIpc) is 2.42. The molecule has 1 nitrogen and oxygen atoms in total. The number of hydrogen-bond donors (Lipinski definition) is 1. The van der Waals surface area contributed by atoms with Gasteiger partial charge in [0.05, 0.1) is 0 Å². The number of rotatable bonds is 16. The van der Waals surface area contributed by atoms with Gasteiger partial charge in [-0.05, 0) is 20.3 Å². The second-order valence-electron chi connectivity index (χ2n) is 7.69. The van der Waals surface area contributed by atoms with Crippen molar-refractivity contribution >= 4 is 0 Å². The summed E-state index contributed by atoms with van der Waals surface area (Å²) in [5.74, 6) is 0. The summed E-state index contributed by atoms with van der Waals surface area (Å²) in [6.07, 6.45) is 22.7. The molecule has 2 N–H and O–H groups in total. The molecule has 0 aromatic rings. The van der Waals surface area contributed by atoms with Crippen molar-refractivity contribution in [1.29, 1.82) is 0 Å². The Hall–Kier alpha value is 0.960. The monoisotopic (exact) mass is 321 g/mol. The molecule has 0 aromatic heterocycles. The molecule has 0 spiro atoms. The van der Waals surface area contributed by atoms with Gasteiger partial charge in [-0.2, -0.15) is 0 Å². The van der Waals surface area contributed by atoms with Crippen LogP contribution in [0.15, 0.2) is 0 Å². The number of hydrogen-bond acceptors (Lipinski definition) is 1. The minimum atomic E-state index is 0. The van der Waals surface area contributed by atoms with Crippen LogP contribution in [-0.4, -0.2) is 5.54 Å². The molecular formula is C20H44NNa. The molecule has 0 saturated heterocycles. The second kappa shape index (κ2) is 18.3. The largest absolute Gasteiger partial charge is 1.00 e. The van der Waals surface area contributed by atoms with Crippen LogP contribution in [0, 0.1) is 0 Å². The Bertz CT molecular complexity index is 204. The average molecular weight is 322 g/mol. The van der Waals surface area contributed by atoms with Gasteiger partial charge < -0.3 is 7.16 Å². The summed E-state index contributed by atoms with van der Waals surface area (Å²) in [7, 11) is 0. The third-order valence-electron chi connectivity index (χ3n) is 4.42. The number of nitrogens with two attached hydrogens (primary N) is 1. The molecule has 0 saturated carbocycles. The molecule has 0 aliphatic rings. The van der Waals surface area contributed by atoms with Gasteiger partial charge in [-0.15, -0.1) is 0 Å². The van der Waals surface area contributed by atoms with Crippen LogP contribution in [0.25, 0.3) is 0 Å². The third-order valence-corrected chi connectivity index (χ3v) is 4.42. The van der Waals surface area contributed by atoms with E-state index in [2.05, 4.69) is 20.8 Å². The Morgan fingerprint density at radius 3 is 1.14 bits per heavy atom. The van der Waals surface area contributed by atoms with E-state index in [-0.39, 0.29) is 36.5 Å². The van der Waals surface area contributed by atoms with E-state index in [4.69, 9.17) is 5.73 Å². The van der Waals surface area contributed by atoms with Crippen LogP contribution in [0.4, 0.5) is 0 Å². The third kappa shape index (κ3) is 23.2. The molecule has 2 heteroatoms.